The molecule has 0 aliphatic heterocycles. The molecule has 1 radical (unpaired) electrons. The Morgan fingerprint density at radius 3 is 2.18 bits per heavy atom. The maximum Gasteiger partial charge on any atom is -0.0326 e. The van der Waals surface area contributed by atoms with Gasteiger partial charge in [0, 0.05) is 0 Å². The van der Waals surface area contributed by atoms with Crippen LogP contribution >= 0.6 is 0 Å². The van der Waals surface area contributed by atoms with Crippen molar-refractivity contribution in [1.82, 2.24) is 0 Å². The lowest BCUT2D eigenvalue weighted by Crippen LogP contribution is -2.12. The van der Waals surface area contributed by atoms with Gasteiger partial charge in [0.25, 0.3) is 0 Å². The average Bonchev–Trinajstić information content (AvgIpc) is 1.84. The summed E-state index contributed by atoms with van der Waals surface area (Å²) in [6, 6.07) is 0. The van der Waals surface area contributed by atoms with Gasteiger partial charge in [-0.2, -0.15) is 0 Å². The zero-order valence-electron chi connectivity index (χ0n) is 8.61. The molecule has 0 spiro atoms. The van der Waals surface area contributed by atoms with Crippen molar-refractivity contribution in [2.24, 2.45) is 11.3 Å². The summed E-state index contributed by atoms with van der Waals surface area (Å²) in [4.78, 5) is 0. The second kappa shape index (κ2) is 4.79. The Bertz CT molecular complexity index is 90.2. The van der Waals surface area contributed by atoms with Crippen molar-refractivity contribution in [2.45, 2.75) is 53.4 Å². The second-order valence-electron chi connectivity index (χ2n) is 4.49. The number of hydrogen-bond acceptors (Lipinski definition) is 0. The fraction of sp³-hybridized carbons (Fsp3) is 0.909. The smallest absolute Gasteiger partial charge is 0.0326 e. The molecule has 0 N–H and O–H groups in total. The Morgan fingerprint density at radius 1 is 1.27 bits per heavy atom. The summed E-state index contributed by atoms with van der Waals surface area (Å²) < 4.78 is 0. The molecular formula is C11H23. The van der Waals surface area contributed by atoms with E-state index in [1.807, 2.05) is 0 Å². The summed E-state index contributed by atoms with van der Waals surface area (Å²) in [5.74, 6) is 0.827. The van der Waals surface area contributed by atoms with Crippen LogP contribution < -0.4 is 0 Å². The Kier molecular flexibility index (Phi) is 4.79. The standard InChI is InChI=1S/C11H23/c1-6-8-11(4,5)9-7-10(2)3/h10H,4,6-9H2,1-3,5H3. The zero-order valence-corrected chi connectivity index (χ0v) is 8.61. The third-order valence-electron chi connectivity index (χ3n) is 2.18. The lowest BCUT2D eigenvalue weighted by atomic mass is 9.82. The van der Waals surface area contributed by atoms with Crippen LogP contribution in [0, 0.1) is 18.3 Å². The van der Waals surface area contributed by atoms with Crippen LogP contribution in [0.15, 0.2) is 0 Å². The average molecular weight is 155 g/mol. The lowest BCUT2D eigenvalue weighted by Gasteiger charge is -2.24. The molecule has 0 aromatic carbocycles. The van der Waals surface area contributed by atoms with E-state index < -0.39 is 0 Å². The van der Waals surface area contributed by atoms with Gasteiger partial charge in [-0.15, -0.1) is 0 Å². The van der Waals surface area contributed by atoms with Crippen molar-refractivity contribution >= 4 is 0 Å². The van der Waals surface area contributed by atoms with Crippen molar-refractivity contribution in [3.63, 3.8) is 0 Å². The normalized spacial score (nSPS) is 12.5. The van der Waals surface area contributed by atoms with Crippen molar-refractivity contribution < 1.29 is 0 Å². The van der Waals surface area contributed by atoms with Gasteiger partial charge in [0.05, 0.1) is 0 Å². The minimum absolute atomic E-state index is 0.332. The van der Waals surface area contributed by atoms with Crippen LogP contribution in [-0.2, 0) is 0 Å². The predicted molar refractivity (Wildman–Crippen MR) is 52.4 cm³/mol. The van der Waals surface area contributed by atoms with Crippen LogP contribution in [0.25, 0.3) is 0 Å². The van der Waals surface area contributed by atoms with Gasteiger partial charge in [-0.3, -0.25) is 0 Å². The van der Waals surface area contributed by atoms with Gasteiger partial charge < -0.3 is 0 Å². The highest BCUT2D eigenvalue weighted by Gasteiger charge is 2.16. The van der Waals surface area contributed by atoms with Crippen molar-refractivity contribution in [2.75, 3.05) is 0 Å². The molecular weight excluding hydrogens is 132 g/mol. The first-order chi connectivity index (χ1) is 4.98. The van der Waals surface area contributed by atoms with Gasteiger partial charge in [0.1, 0.15) is 0 Å². The van der Waals surface area contributed by atoms with E-state index in [2.05, 4.69) is 34.6 Å². The molecule has 0 saturated heterocycles. The fourth-order valence-electron chi connectivity index (χ4n) is 1.37. The van der Waals surface area contributed by atoms with Gasteiger partial charge in [0.2, 0.25) is 0 Å². The highest BCUT2D eigenvalue weighted by atomic mass is 14.2. The third kappa shape index (κ3) is 6.40. The molecule has 0 saturated carbocycles. The van der Waals surface area contributed by atoms with Gasteiger partial charge in [0.15, 0.2) is 0 Å². The molecule has 1 unspecified atom stereocenters. The molecule has 0 heterocycles. The van der Waals surface area contributed by atoms with E-state index in [0.717, 1.165) is 5.92 Å². The van der Waals surface area contributed by atoms with Crippen LogP contribution in [0.2, 0.25) is 0 Å². The van der Waals surface area contributed by atoms with Gasteiger partial charge in [-0.25, -0.2) is 0 Å². The largest absolute Gasteiger partial charge is 0.0654 e. The molecule has 0 rings (SSSR count). The molecule has 0 aliphatic carbocycles. The molecule has 0 aromatic heterocycles. The van der Waals surface area contributed by atoms with Crippen LogP contribution in [0.5, 0.6) is 0 Å². The molecule has 0 aromatic rings. The van der Waals surface area contributed by atoms with E-state index in [9.17, 15) is 0 Å². The number of hydrogen-bond donors (Lipinski definition) is 0. The molecule has 0 heteroatoms. The van der Waals surface area contributed by atoms with Crippen LogP contribution in [0.1, 0.15) is 53.4 Å². The minimum Gasteiger partial charge on any atom is -0.0654 e. The third-order valence-corrected chi connectivity index (χ3v) is 2.18. The highest BCUT2D eigenvalue weighted by molar-refractivity contribution is 4.76. The van der Waals surface area contributed by atoms with Gasteiger partial charge in [-0.1, -0.05) is 40.5 Å². The topological polar surface area (TPSA) is 0 Å². The molecule has 0 aliphatic rings. The van der Waals surface area contributed by atoms with Gasteiger partial charge >= 0.3 is 0 Å². The van der Waals surface area contributed by atoms with Crippen molar-refractivity contribution in [3.05, 3.63) is 6.92 Å². The predicted octanol–water partition coefficient (Wildman–Crippen LogP) is 4.06. The first kappa shape index (κ1) is 11.0. The Morgan fingerprint density at radius 2 is 1.82 bits per heavy atom. The molecule has 0 bridgehead atoms. The Labute approximate surface area is 72.4 Å². The first-order valence-electron chi connectivity index (χ1n) is 4.83. The molecule has 0 fully saturated rings. The van der Waals surface area contributed by atoms with Gasteiger partial charge in [-0.05, 0) is 31.1 Å². The van der Waals surface area contributed by atoms with Crippen LogP contribution in [-0.4, -0.2) is 0 Å². The summed E-state index contributed by atoms with van der Waals surface area (Å²) in [6.07, 6.45) is 5.12. The van der Waals surface area contributed by atoms with E-state index in [-0.39, 0.29) is 0 Å². The summed E-state index contributed by atoms with van der Waals surface area (Å²) in [6.45, 7) is 13.3. The second-order valence-corrected chi connectivity index (χ2v) is 4.49. The van der Waals surface area contributed by atoms with Crippen molar-refractivity contribution in [3.8, 4) is 0 Å². The maximum absolute atomic E-state index is 4.23. The van der Waals surface area contributed by atoms with Crippen LogP contribution in [0.3, 0.4) is 0 Å². The fourth-order valence-corrected chi connectivity index (χ4v) is 1.37. The lowest BCUT2D eigenvalue weighted by molar-refractivity contribution is 0.320. The van der Waals surface area contributed by atoms with E-state index in [1.165, 1.54) is 25.7 Å². The summed E-state index contributed by atoms with van der Waals surface area (Å²) in [5.41, 5.74) is 0.332. The molecule has 0 nitrogen and oxygen atoms in total. The zero-order chi connectivity index (χ0) is 8.91. The van der Waals surface area contributed by atoms with E-state index in [0.29, 0.717) is 5.41 Å². The monoisotopic (exact) mass is 155 g/mol. The van der Waals surface area contributed by atoms with E-state index >= 15 is 0 Å². The molecule has 0 amide bonds. The van der Waals surface area contributed by atoms with E-state index in [1.54, 1.807) is 0 Å². The SMILES string of the molecule is [CH2]C(C)(CCC)CCC(C)C. The van der Waals surface area contributed by atoms with Crippen molar-refractivity contribution in [1.29, 1.82) is 0 Å². The highest BCUT2D eigenvalue weighted by Crippen LogP contribution is 2.29. The number of rotatable bonds is 5. The first-order valence-corrected chi connectivity index (χ1v) is 4.83. The Balaban J connectivity index is 3.54. The summed E-state index contributed by atoms with van der Waals surface area (Å²) >= 11 is 0. The Hall–Kier alpha value is 0. The summed E-state index contributed by atoms with van der Waals surface area (Å²) in [5, 5.41) is 0. The molecule has 67 valence electrons. The van der Waals surface area contributed by atoms with Crippen LogP contribution in [0.4, 0.5) is 0 Å². The molecule has 1 atom stereocenters. The summed E-state index contributed by atoms with van der Waals surface area (Å²) in [7, 11) is 0. The maximum atomic E-state index is 4.23. The molecule has 11 heavy (non-hydrogen) atoms. The van der Waals surface area contributed by atoms with E-state index in [4.69, 9.17) is 0 Å². The quantitative estimate of drug-likeness (QED) is 0.561. The minimum atomic E-state index is 0.332.